The van der Waals surface area contributed by atoms with Crippen molar-refractivity contribution in [2.45, 2.75) is 47.1 Å². The number of hydrogen-bond donors (Lipinski definition) is 2. The summed E-state index contributed by atoms with van der Waals surface area (Å²) in [5.41, 5.74) is 0.903. The molecule has 0 aromatic heterocycles. The number of aryl methyl sites for hydroxylation is 1. The summed E-state index contributed by atoms with van der Waals surface area (Å²) in [5.74, 6) is -0.398. The second kappa shape index (κ2) is 7.92. The van der Waals surface area contributed by atoms with Crippen molar-refractivity contribution in [3.63, 3.8) is 0 Å². The van der Waals surface area contributed by atoms with Gasteiger partial charge in [-0.1, -0.05) is 32.9 Å². The number of benzene rings is 1. The van der Waals surface area contributed by atoms with Gasteiger partial charge >= 0.3 is 0 Å². The molecule has 0 aliphatic heterocycles. The SMILES string of the molecule is Cc1ccc(CNC(=O)CCCNC(=O)C(C)(C)C)cc1F. The number of nitrogens with one attached hydrogen (secondary N) is 2. The monoisotopic (exact) mass is 308 g/mol. The molecule has 1 aromatic carbocycles. The van der Waals surface area contributed by atoms with Gasteiger partial charge < -0.3 is 10.6 Å². The van der Waals surface area contributed by atoms with Crippen LogP contribution in [0.5, 0.6) is 0 Å². The standard InChI is InChI=1S/C17H25FN2O2/c1-12-7-8-13(10-14(12)18)11-20-15(21)6-5-9-19-16(22)17(2,3)4/h7-8,10H,5-6,9,11H2,1-4H3,(H,19,22)(H,20,21). The highest BCUT2D eigenvalue weighted by atomic mass is 19.1. The zero-order valence-electron chi connectivity index (χ0n) is 13.8. The molecule has 122 valence electrons. The van der Waals surface area contributed by atoms with Crippen LogP contribution in [0.1, 0.15) is 44.7 Å². The van der Waals surface area contributed by atoms with Crippen molar-refractivity contribution in [3.8, 4) is 0 Å². The molecule has 0 aliphatic carbocycles. The van der Waals surface area contributed by atoms with Gasteiger partial charge in [-0.25, -0.2) is 4.39 Å². The fraction of sp³-hybridized carbons (Fsp3) is 0.529. The van der Waals surface area contributed by atoms with Crippen molar-refractivity contribution in [3.05, 3.63) is 35.1 Å². The molecule has 0 atom stereocenters. The van der Waals surface area contributed by atoms with Gasteiger partial charge in [0.15, 0.2) is 0 Å². The van der Waals surface area contributed by atoms with Crippen LogP contribution < -0.4 is 10.6 Å². The number of rotatable bonds is 6. The smallest absolute Gasteiger partial charge is 0.225 e. The van der Waals surface area contributed by atoms with E-state index < -0.39 is 5.41 Å². The lowest BCUT2D eigenvalue weighted by Crippen LogP contribution is -2.35. The van der Waals surface area contributed by atoms with Gasteiger partial charge in [-0.3, -0.25) is 9.59 Å². The van der Waals surface area contributed by atoms with Gasteiger partial charge in [0.2, 0.25) is 11.8 Å². The Hall–Kier alpha value is -1.91. The van der Waals surface area contributed by atoms with E-state index in [1.54, 1.807) is 19.1 Å². The summed E-state index contributed by atoms with van der Waals surface area (Å²) >= 11 is 0. The maximum absolute atomic E-state index is 13.4. The Balaban J connectivity index is 2.24. The third kappa shape index (κ3) is 6.24. The summed E-state index contributed by atoms with van der Waals surface area (Å²) in [6, 6.07) is 4.92. The first kappa shape index (κ1) is 18.1. The molecule has 4 nitrogen and oxygen atoms in total. The van der Waals surface area contributed by atoms with Crippen molar-refractivity contribution in [2.24, 2.45) is 5.41 Å². The van der Waals surface area contributed by atoms with Crippen molar-refractivity contribution in [1.29, 1.82) is 0 Å². The van der Waals surface area contributed by atoms with Gasteiger partial charge in [-0.2, -0.15) is 0 Å². The average molecular weight is 308 g/mol. The van der Waals surface area contributed by atoms with Crippen LogP contribution in [0.15, 0.2) is 18.2 Å². The maximum Gasteiger partial charge on any atom is 0.225 e. The summed E-state index contributed by atoms with van der Waals surface area (Å²) in [4.78, 5) is 23.3. The van der Waals surface area contributed by atoms with Crippen molar-refractivity contribution < 1.29 is 14.0 Å². The molecule has 22 heavy (non-hydrogen) atoms. The Labute approximate surface area is 131 Å². The first-order valence-electron chi connectivity index (χ1n) is 7.50. The van der Waals surface area contributed by atoms with E-state index in [0.717, 1.165) is 5.56 Å². The highest BCUT2D eigenvalue weighted by molar-refractivity contribution is 5.81. The zero-order valence-corrected chi connectivity index (χ0v) is 13.8. The van der Waals surface area contributed by atoms with Crippen LogP contribution in [-0.2, 0) is 16.1 Å². The number of amides is 2. The molecular weight excluding hydrogens is 283 g/mol. The summed E-state index contributed by atoms with van der Waals surface area (Å²) in [6.45, 7) is 8.01. The molecule has 5 heteroatoms. The fourth-order valence-electron chi connectivity index (χ4n) is 1.75. The van der Waals surface area contributed by atoms with Crippen molar-refractivity contribution >= 4 is 11.8 Å². The molecule has 1 rings (SSSR count). The maximum atomic E-state index is 13.4. The summed E-state index contributed by atoms with van der Waals surface area (Å²) < 4.78 is 13.4. The Kier molecular flexibility index (Phi) is 6.53. The van der Waals surface area contributed by atoms with Gasteiger partial charge in [0.05, 0.1) is 0 Å². The van der Waals surface area contributed by atoms with Crippen molar-refractivity contribution in [2.75, 3.05) is 6.54 Å². The number of carbonyl (C=O) groups excluding carboxylic acids is 2. The molecule has 0 aliphatic rings. The minimum absolute atomic E-state index is 0.0250. The van der Waals surface area contributed by atoms with E-state index in [9.17, 15) is 14.0 Å². The molecule has 0 spiro atoms. The Morgan fingerprint density at radius 1 is 1.18 bits per heavy atom. The first-order valence-corrected chi connectivity index (χ1v) is 7.50. The highest BCUT2D eigenvalue weighted by Crippen LogP contribution is 2.12. The fourth-order valence-corrected chi connectivity index (χ4v) is 1.75. The second-order valence-electron chi connectivity index (χ2n) is 6.47. The average Bonchev–Trinajstić information content (AvgIpc) is 2.43. The number of halogens is 1. The number of carbonyl (C=O) groups is 2. The summed E-state index contributed by atoms with van der Waals surface area (Å²) in [7, 11) is 0. The topological polar surface area (TPSA) is 58.2 Å². The van der Waals surface area contributed by atoms with Crippen LogP contribution in [0.3, 0.4) is 0 Å². The molecule has 0 saturated heterocycles. The molecule has 0 bridgehead atoms. The zero-order chi connectivity index (χ0) is 16.8. The van der Waals surface area contributed by atoms with Crippen LogP contribution in [0.2, 0.25) is 0 Å². The van der Waals surface area contributed by atoms with Crippen LogP contribution in [0.25, 0.3) is 0 Å². The third-order valence-electron chi connectivity index (χ3n) is 3.27. The van der Waals surface area contributed by atoms with E-state index in [1.807, 2.05) is 20.8 Å². The Bertz CT molecular complexity index is 536. The Morgan fingerprint density at radius 3 is 2.45 bits per heavy atom. The molecule has 0 radical (unpaired) electrons. The molecule has 2 N–H and O–H groups in total. The molecule has 0 fully saturated rings. The molecule has 1 aromatic rings. The van der Waals surface area contributed by atoms with Gasteiger partial charge in [0.25, 0.3) is 0 Å². The lowest BCUT2D eigenvalue weighted by atomic mass is 9.96. The summed E-state index contributed by atoms with van der Waals surface area (Å²) in [6.07, 6.45) is 0.911. The van der Waals surface area contributed by atoms with Crippen LogP contribution >= 0.6 is 0 Å². The van der Waals surface area contributed by atoms with E-state index in [1.165, 1.54) is 6.07 Å². The normalized spacial score (nSPS) is 11.1. The van der Waals surface area contributed by atoms with Gasteiger partial charge in [-0.15, -0.1) is 0 Å². The van der Waals surface area contributed by atoms with E-state index in [4.69, 9.17) is 0 Å². The lowest BCUT2D eigenvalue weighted by Gasteiger charge is -2.17. The van der Waals surface area contributed by atoms with E-state index >= 15 is 0 Å². The second-order valence-corrected chi connectivity index (χ2v) is 6.47. The molecular formula is C17H25FN2O2. The highest BCUT2D eigenvalue weighted by Gasteiger charge is 2.20. The lowest BCUT2D eigenvalue weighted by molar-refractivity contribution is -0.128. The molecule has 0 unspecified atom stereocenters. The van der Waals surface area contributed by atoms with Crippen LogP contribution in [0.4, 0.5) is 4.39 Å². The number of hydrogen-bond acceptors (Lipinski definition) is 2. The summed E-state index contributed by atoms with van der Waals surface area (Å²) in [5, 5.41) is 5.54. The predicted molar refractivity (Wildman–Crippen MR) is 84.7 cm³/mol. The third-order valence-corrected chi connectivity index (χ3v) is 3.27. The van der Waals surface area contributed by atoms with Crippen LogP contribution in [-0.4, -0.2) is 18.4 Å². The predicted octanol–water partition coefficient (Wildman–Crippen LogP) is 2.69. The van der Waals surface area contributed by atoms with Gasteiger partial charge in [0, 0.05) is 24.9 Å². The van der Waals surface area contributed by atoms with E-state index in [-0.39, 0.29) is 17.6 Å². The molecule has 0 saturated carbocycles. The van der Waals surface area contributed by atoms with Gasteiger partial charge in [0.1, 0.15) is 5.82 Å². The minimum Gasteiger partial charge on any atom is -0.356 e. The Morgan fingerprint density at radius 2 is 1.86 bits per heavy atom. The quantitative estimate of drug-likeness (QED) is 0.794. The first-order chi connectivity index (χ1) is 10.2. The minimum atomic E-state index is -0.419. The van der Waals surface area contributed by atoms with E-state index in [2.05, 4.69) is 10.6 Å². The van der Waals surface area contributed by atoms with Crippen LogP contribution in [0, 0.1) is 18.2 Å². The van der Waals surface area contributed by atoms with Gasteiger partial charge in [-0.05, 0) is 30.5 Å². The van der Waals surface area contributed by atoms with Crippen molar-refractivity contribution in [1.82, 2.24) is 10.6 Å². The molecule has 2 amide bonds. The molecule has 0 heterocycles. The van der Waals surface area contributed by atoms with E-state index in [0.29, 0.717) is 31.5 Å². The largest absolute Gasteiger partial charge is 0.356 e.